The zero-order chi connectivity index (χ0) is 17.4. The molecular weight excluding hydrogens is 346 g/mol. The number of hydrogen-bond acceptors (Lipinski definition) is 4. The maximum absolute atomic E-state index is 13.2. The van der Waals surface area contributed by atoms with Crippen molar-refractivity contribution in [3.8, 4) is 0 Å². The molecule has 1 heterocycles. The van der Waals surface area contributed by atoms with Gasteiger partial charge in [0.2, 0.25) is 0 Å². The first-order valence-electron chi connectivity index (χ1n) is 7.66. The van der Waals surface area contributed by atoms with Crippen molar-refractivity contribution in [1.29, 1.82) is 0 Å². The lowest BCUT2D eigenvalue weighted by molar-refractivity contribution is 0.580. The van der Waals surface area contributed by atoms with E-state index in [4.69, 9.17) is 0 Å². The quantitative estimate of drug-likeness (QED) is 0.834. The Morgan fingerprint density at radius 1 is 1.00 bits per heavy atom. The van der Waals surface area contributed by atoms with Crippen molar-refractivity contribution in [3.05, 3.63) is 60.2 Å². The van der Waals surface area contributed by atoms with E-state index in [1.165, 1.54) is 4.31 Å². The van der Waals surface area contributed by atoms with Crippen LogP contribution in [0.15, 0.2) is 59.5 Å². The van der Waals surface area contributed by atoms with Gasteiger partial charge in [0.25, 0.3) is 10.0 Å². The van der Waals surface area contributed by atoms with Crippen molar-refractivity contribution in [3.63, 3.8) is 0 Å². The molecule has 1 atom stereocenters. The van der Waals surface area contributed by atoms with Crippen LogP contribution >= 0.6 is 0 Å². The molecule has 2 aromatic carbocycles. The highest BCUT2D eigenvalue weighted by molar-refractivity contribution is 7.93. The molecule has 0 radical (unpaired) electrons. The van der Waals surface area contributed by atoms with E-state index in [1.807, 2.05) is 6.92 Å². The zero-order valence-electron chi connectivity index (χ0n) is 13.3. The molecule has 7 heteroatoms. The van der Waals surface area contributed by atoms with E-state index in [1.54, 1.807) is 54.6 Å². The minimum atomic E-state index is -3.84. The van der Waals surface area contributed by atoms with Gasteiger partial charge in [0.05, 0.1) is 28.1 Å². The van der Waals surface area contributed by atoms with E-state index in [9.17, 15) is 16.8 Å². The van der Waals surface area contributed by atoms with Crippen LogP contribution < -0.4 is 4.31 Å². The number of benzene rings is 2. The molecule has 0 saturated carbocycles. The van der Waals surface area contributed by atoms with E-state index in [2.05, 4.69) is 0 Å². The average molecular weight is 365 g/mol. The number of sulfonamides is 1. The van der Waals surface area contributed by atoms with Gasteiger partial charge in [-0.1, -0.05) is 35.9 Å². The molecule has 0 amide bonds. The van der Waals surface area contributed by atoms with E-state index in [-0.39, 0.29) is 16.4 Å². The first-order valence-corrected chi connectivity index (χ1v) is 10.9. The first-order chi connectivity index (χ1) is 11.3. The molecule has 1 aliphatic rings. The van der Waals surface area contributed by atoms with Crippen molar-refractivity contribution in [1.82, 2.24) is 0 Å². The van der Waals surface area contributed by atoms with Crippen LogP contribution in [0.2, 0.25) is 0 Å². The number of rotatable bonds is 4. The summed E-state index contributed by atoms with van der Waals surface area (Å²) in [5.41, 5.74) is 1.45. The van der Waals surface area contributed by atoms with Crippen molar-refractivity contribution in [2.24, 2.45) is 0 Å². The average Bonchev–Trinajstić information content (AvgIpc) is 2.88. The number of nitrogens with zero attached hydrogens (tertiary/aromatic N) is 1. The van der Waals surface area contributed by atoms with Crippen LogP contribution in [0.1, 0.15) is 12.0 Å². The maximum Gasteiger partial charge on any atom is 0.264 e. The molecule has 0 bridgehead atoms. The third-order valence-corrected chi connectivity index (χ3v) is 7.77. The van der Waals surface area contributed by atoms with Crippen molar-refractivity contribution in [2.45, 2.75) is 24.3 Å². The molecule has 0 N–H and O–H groups in total. The van der Waals surface area contributed by atoms with Gasteiger partial charge in [0.15, 0.2) is 9.84 Å². The first kappa shape index (κ1) is 17.0. The summed E-state index contributed by atoms with van der Waals surface area (Å²) in [6.07, 6.45) is 0.308. The van der Waals surface area contributed by atoms with E-state index >= 15 is 0 Å². The summed E-state index contributed by atoms with van der Waals surface area (Å²) in [4.78, 5) is 0.168. The van der Waals surface area contributed by atoms with Crippen LogP contribution in [0.5, 0.6) is 0 Å². The van der Waals surface area contributed by atoms with Crippen molar-refractivity contribution < 1.29 is 16.8 Å². The van der Waals surface area contributed by atoms with Gasteiger partial charge in [-0.3, -0.25) is 4.31 Å². The van der Waals surface area contributed by atoms with Crippen LogP contribution in [0, 0.1) is 6.92 Å². The number of hydrogen-bond donors (Lipinski definition) is 0. The predicted octanol–water partition coefficient (Wildman–Crippen LogP) is 2.38. The summed E-state index contributed by atoms with van der Waals surface area (Å²) in [5, 5.41) is 0. The Bertz CT molecular complexity index is 920. The summed E-state index contributed by atoms with van der Waals surface area (Å²) >= 11 is 0. The van der Waals surface area contributed by atoms with Crippen LogP contribution in [-0.4, -0.2) is 34.4 Å². The minimum Gasteiger partial charge on any atom is -0.262 e. The molecule has 3 rings (SSSR count). The topological polar surface area (TPSA) is 71.5 Å². The smallest absolute Gasteiger partial charge is 0.262 e. The Morgan fingerprint density at radius 2 is 1.62 bits per heavy atom. The molecule has 0 unspecified atom stereocenters. The monoisotopic (exact) mass is 365 g/mol. The van der Waals surface area contributed by atoms with Crippen LogP contribution in [0.4, 0.5) is 5.69 Å². The SMILES string of the molecule is Cc1ccc(S(=O)(=O)N(c2ccccc2)[C@H]2CCS(=O)(=O)C2)cc1. The lowest BCUT2D eigenvalue weighted by atomic mass is 10.2. The normalized spacial score (nSPS) is 20.0. The molecule has 1 aliphatic heterocycles. The van der Waals surface area contributed by atoms with Gasteiger partial charge in [-0.05, 0) is 37.6 Å². The molecule has 0 aromatic heterocycles. The lowest BCUT2D eigenvalue weighted by Crippen LogP contribution is -2.41. The van der Waals surface area contributed by atoms with Crippen molar-refractivity contribution in [2.75, 3.05) is 15.8 Å². The van der Waals surface area contributed by atoms with Gasteiger partial charge in [-0.25, -0.2) is 16.8 Å². The fourth-order valence-electron chi connectivity index (χ4n) is 2.90. The number of sulfone groups is 1. The standard InChI is InChI=1S/C17H19NO4S2/c1-14-7-9-17(10-8-14)24(21,22)18(15-5-3-2-4-6-15)16-11-12-23(19,20)13-16/h2-10,16H,11-13H2,1H3/t16-/m0/s1. The Balaban J connectivity index is 2.09. The Kier molecular flexibility index (Phi) is 4.40. The van der Waals surface area contributed by atoms with E-state index in [0.717, 1.165) is 5.56 Å². The highest BCUT2D eigenvalue weighted by Crippen LogP contribution is 2.30. The summed E-state index contributed by atoms with van der Waals surface area (Å²) < 4.78 is 51.3. The van der Waals surface area contributed by atoms with E-state index < -0.39 is 25.9 Å². The number of anilines is 1. The largest absolute Gasteiger partial charge is 0.264 e. The molecule has 2 aromatic rings. The lowest BCUT2D eigenvalue weighted by Gasteiger charge is -2.29. The van der Waals surface area contributed by atoms with Gasteiger partial charge in [-0.2, -0.15) is 0 Å². The summed E-state index contributed by atoms with van der Waals surface area (Å²) in [5.74, 6) is -0.128. The maximum atomic E-state index is 13.2. The zero-order valence-corrected chi connectivity index (χ0v) is 14.9. The Morgan fingerprint density at radius 3 is 2.17 bits per heavy atom. The van der Waals surface area contributed by atoms with Crippen LogP contribution in [-0.2, 0) is 19.9 Å². The fourth-order valence-corrected chi connectivity index (χ4v) is 6.38. The predicted molar refractivity (Wildman–Crippen MR) is 94.3 cm³/mol. The molecule has 128 valence electrons. The second-order valence-electron chi connectivity index (χ2n) is 6.01. The summed E-state index contributed by atoms with van der Waals surface area (Å²) in [6.45, 7) is 1.88. The molecule has 0 aliphatic carbocycles. The molecule has 1 fully saturated rings. The van der Waals surface area contributed by atoms with E-state index in [0.29, 0.717) is 12.1 Å². The van der Waals surface area contributed by atoms with Gasteiger partial charge >= 0.3 is 0 Å². The Labute approximate surface area is 142 Å². The van der Waals surface area contributed by atoms with Crippen LogP contribution in [0.25, 0.3) is 0 Å². The second-order valence-corrected chi connectivity index (χ2v) is 10.0. The van der Waals surface area contributed by atoms with Gasteiger partial charge in [0, 0.05) is 0 Å². The van der Waals surface area contributed by atoms with Gasteiger partial charge < -0.3 is 0 Å². The second kappa shape index (κ2) is 6.22. The third-order valence-electron chi connectivity index (χ3n) is 4.13. The molecule has 24 heavy (non-hydrogen) atoms. The van der Waals surface area contributed by atoms with Gasteiger partial charge in [0.1, 0.15) is 0 Å². The van der Waals surface area contributed by atoms with Crippen LogP contribution in [0.3, 0.4) is 0 Å². The third kappa shape index (κ3) is 3.32. The molecular formula is C17H19NO4S2. The Hall–Kier alpha value is -1.86. The highest BCUT2D eigenvalue weighted by Gasteiger charge is 2.38. The molecule has 5 nitrogen and oxygen atoms in total. The number of aryl methyl sites for hydroxylation is 1. The molecule has 1 saturated heterocycles. The highest BCUT2D eigenvalue weighted by atomic mass is 32.2. The fraction of sp³-hybridized carbons (Fsp3) is 0.294. The minimum absolute atomic E-state index is 0.0183. The summed E-state index contributed by atoms with van der Waals surface area (Å²) in [6, 6.07) is 14.7. The van der Waals surface area contributed by atoms with Crippen molar-refractivity contribution >= 4 is 25.5 Å². The summed E-state index contributed by atoms with van der Waals surface area (Å²) in [7, 11) is -7.04. The van der Waals surface area contributed by atoms with Gasteiger partial charge in [-0.15, -0.1) is 0 Å². The number of para-hydroxylation sites is 1. The molecule has 0 spiro atoms.